The third-order valence-electron chi connectivity index (χ3n) is 5.35. The predicted octanol–water partition coefficient (Wildman–Crippen LogP) is 0.901. The SMILES string of the molecule is CCCOC(=O)[C@H]1[C@@H]2C=C[C@@]3(CN(C[C@H]4CCCO4)C(=O)[C@H]13)O2. The first kappa shape index (κ1) is 15.1. The minimum absolute atomic E-state index is 0.00537. The molecular formula is C17H23NO5. The fourth-order valence-electron chi connectivity index (χ4n) is 4.33. The normalized spacial score (nSPS) is 40.9. The van der Waals surface area contributed by atoms with E-state index in [4.69, 9.17) is 14.2 Å². The van der Waals surface area contributed by atoms with E-state index in [0.717, 1.165) is 25.9 Å². The maximum Gasteiger partial charge on any atom is 0.312 e. The standard InChI is InChI=1S/C17H23NO5/c1-2-7-22-16(20)13-12-5-6-17(23-12)10-18(15(19)14(13)17)9-11-4-3-8-21-11/h5-6,11-14H,2-4,7-10H2,1H3/t11-,12+,13+,14+,17+/m1/s1. The molecule has 5 atom stereocenters. The van der Waals surface area contributed by atoms with Crippen LogP contribution in [-0.4, -0.2) is 60.9 Å². The van der Waals surface area contributed by atoms with E-state index in [1.807, 2.05) is 24.0 Å². The highest BCUT2D eigenvalue weighted by atomic mass is 16.6. The summed E-state index contributed by atoms with van der Waals surface area (Å²) in [6, 6.07) is 0. The summed E-state index contributed by atoms with van der Waals surface area (Å²) in [5, 5.41) is 0. The molecule has 4 aliphatic heterocycles. The zero-order valence-electron chi connectivity index (χ0n) is 13.4. The lowest BCUT2D eigenvalue weighted by atomic mass is 9.77. The first-order chi connectivity index (χ1) is 11.1. The molecule has 0 saturated carbocycles. The average Bonchev–Trinajstić information content (AvgIpc) is 3.28. The Hall–Kier alpha value is -1.40. The number of hydrogen-bond donors (Lipinski definition) is 0. The van der Waals surface area contributed by atoms with Gasteiger partial charge in [0.15, 0.2) is 0 Å². The van der Waals surface area contributed by atoms with Crippen molar-refractivity contribution in [3.8, 4) is 0 Å². The number of rotatable bonds is 5. The first-order valence-electron chi connectivity index (χ1n) is 8.59. The van der Waals surface area contributed by atoms with E-state index in [1.165, 1.54) is 0 Å². The van der Waals surface area contributed by atoms with Crippen LogP contribution in [0.5, 0.6) is 0 Å². The summed E-state index contributed by atoms with van der Waals surface area (Å²) in [6.45, 7) is 4.22. The summed E-state index contributed by atoms with van der Waals surface area (Å²) < 4.78 is 17.0. The van der Waals surface area contributed by atoms with Crippen molar-refractivity contribution in [1.82, 2.24) is 4.90 Å². The molecule has 0 unspecified atom stereocenters. The molecule has 4 aliphatic rings. The summed E-state index contributed by atoms with van der Waals surface area (Å²) in [5.41, 5.74) is -0.643. The number of ether oxygens (including phenoxy) is 3. The third kappa shape index (κ3) is 2.31. The summed E-state index contributed by atoms with van der Waals surface area (Å²) in [6.07, 6.45) is 6.48. The highest BCUT2D eigenvalue weighted by molar-refractivity contribution is 5.91. The lowest BCUT2D eigenvalue weighted by Gasteiger charge is -2.23. The second-order valence-corrected chi connectivity index (χ2v) is 6.92. The quantitative estimate of drug-likeness (QED) is 0.556. The van der Waals surface area contributed by atoms with Crippen LogP contribution in [0.25, 0.3) is 0 Å². The van der Waals surface area contributed by atoms with Crippen molar-refractivity contribution in [2.75, 3.05) is 26.3 Å². The van der Waals surface area contributed by atoms with Crippen LogP contribution >= 0.6 is 0 Å². The van der Waals surface area contributed by atoms with Gasteiger partial charge >= 0.3 is 5.97 Å². The fourth-order valence-corrected chi connectivity index (χ4v) is 4.33. The van der Waals surface area contributed by atoms with Crippen LogP contribution in [-0.2, 0) is 23.8 Å². The van der Waals surface area contributed by atoms with Crippen molar-refractivity contribution in [2.45, 2.75) is 44.0 Å². The Morgan fingerprint density at radius 1 is 1.52 bits per heavy atom. The van der Waals surface area contributed by atoms with Crippen molar-refractivity contribution in [2.24, 2.45) is 11.8 Å². The lowest BCUT2D eigenvalue weighted by Crippen LogP contribution is -2.40. The number of fused-ring (bicyclic) bond motifs is 1. The van der Waals surface area contributed by atoms with Gasteiger partial charge in [0.1, 0.15) is 11.5 Å². The van der Waals surface area contributed by atoms with Gasteiger partial charge in [0.05, 0.1) is 31.3 Å². The van der Waals surface area contributed by atoms with Gasteiger partial charge in [0, 0.05) is 13.2 Å². The number of carbonyl (C=O) groups is 2. The van der Waals surface area contributed by atoms with E-state index in [0.29, 0.717) is 19.7 Å². The minimum Gasteiger partial charge on any atom is -0.465 e. The largest absolute Gasteiger partial charge is 0.465 e. The molecule has 4 rings (SSSR count). The van der Waals surface area contributed by atoms with E-state index >= 15 is 0 Å². The van der Waals surface area contributed by atoms with Crippen LogP contribution in [0.3, 0.4) is 0 Å². The molecular weight excluding hydrogens is 298 g/mol. The van der Waals surface area contributed by atoms with Gasteiger partial charge in [-0.1, -0.05) is 19.1 Å². The van der Waals surface area contributed by atoms with Crippen molar-refractivity contribution in [3.63, 3.8) is 0 Å². The molecule has 0 aromatic carbocycles. The van der Waals surface area contributed by atoms with E-state index in [9.17, 15) is 9.59 Å². The Balaban J connectivity index is 1.52. The summed E-state index contributed by atoms with van der Waals surface area (Å²) in [4.78, 5) is 27.1. The van der Waals surface area contributed by atoms with E-state index in [2.05, 4.69) is 0 Å². The Labute approximate surface area is 135 Å². The highest BCUT2D eigenvalue weighted by Gasteiger charge is 2.67. The van der Waals surface area contributed by atoms with Gasteiger partial charge in [-0.15, -0.1) is 0 Å². The van der Waals surface area contributed by atoms with E-state index < -0.39 is 17.4 Å². The molecule has 4 heterocycles. The van der Waals surface area contributed by atoms with Crippen molar-refractivity contribution in [3.05, 3.63) is 12.2 Å². The Morgan fingerprint density at radius 3 is 3.13 bits per heavy atom. The number of carbonyl (C=O) groups excluding carboxylic acids is 2. The molecule has 126 valence electrons. The topological polar surface area (TPSA) is 65.1 Å². The Morgan fingerprint density at radius 2 is 2.39 bits per heavy atom. The van der Waals surface area contributed by atoms with E-state index in [1.54, 1.807) is 0 Å². The smallest absolute Gasteiger partial charge is 0.312 e. The van der Waals surface area contributed by atoms with Gasteiger partial charge in [-0.05, 0) is 19.3 Å². The highest BCUT2D eigenvalue weighted by Crippen LogP contribution is 2.52. The summed E-state index contributed by atoms with van der Waals surface area (Å²) in [7, 11) is 0. The number of likely N-dealkylation sites (tertiary alicyclic amines) is 1. The number of esters is 1. The molecule has 23 heavy (non-hydrogen) atoms. The molecule has 2 bridgehead atoms. The Bertz CT molecular complexity index is 541. The van der Waals surface area contributed by atoms with Gasteiger partial charge in [-0.3, -0.25) is 9.59 Å². The third-order valence-corrected chi connectivity index (χ3v) is 5.35. The second-order valence-electron chi connectivity index (χ2n) is 6.92. The molecule has 6 heteroatoms. The summed E-state index contributed by atoms with van der Waals surface area (Å²) >= 11 is 0. The van der Waals surface area contributed by atoms with Crippen molar-refractivity contribution >= 4 is 11.9 Å². The van der Waals surface area contributed by atoms with E-state index in [-0.39, 0.29) is 24.1 Å². The number of hydrogen-bond acceptors (Lipinski definition) is 5. The molecule has 1 amide bonds. The van der Waals surface area contributed by atoms with Gasteiger partial charge in [-0.2, -0.15) is 0 Å². The summed E-state index contributed by atoms with van der Waals surface area (Å²) in [5.74, 6) is -1.25. The fraction of sp³-hybridized carbons (Fsp3) is 0.765. The minimum atomic E-state index is -0.643. The number of amides is 1. The molecule has 6 nitrogen and oxygen atoms in total. The molecule has 0 radical (unpaired) electrons. The molecule has 0 aromatic heterocycles. The van der Waals surface area contributed by atoms with Crippen LogP contribution in [0.2, 0.25) is 0 Å². The van der Waals surface area contributed by atoms with Crippen molar-refractivity contribution in [1.29, 1.82) is 0 Å². The molecule has 0 aliphatic carbocycles. The molecule has 3 fully saturated rings. The predicted molar refractivity (Wildman–Crippen MR) is 80.5 cm³/mol. The first-order valence-corrected chi connectivity index (χ1v) is 8.59. The van der Waals surface area contributed by atoms with Gasteiger partial charge in [-0.25, -0.2) is 0 Å². The van der Waals surface area contributed by atoms with Crippen LogP contribution < -0.4 is 0 Å². The van der Waals surface area contributed by atoms with Gasteiger partial charge in [0.25, 0.3) is 0 Å². The maximum atomic E-state index is 12.9. The van der Waals surface area contributed by atoms with Gasteiger partial charge in [0.2, 0.25) is 5.91 Å². The molecule has 1 spiro atoms. The van der Waals surface area contributed by atoms with Crippen LogP contribution in [0, 0.1) is 11.8 Å². The molecule has 0 N–H and O–H groups in total. The number of nitrogens with zero attached hydrogens (tertiary/aromatic N) is 1. The zero-order valence-corrected chi connectivity index (χ0v) is 13.4. The monoisotopic (exact) mass is 321 g/mol. The zero-order chi connectivity index (χ0) is 16.0. The van der Waals surface area contributed by atoms with Crippen LogP contribution in [0.4, 0.5) is 0 Å². The second kappa shape index (κ2) is 5.60. The lowest BCUT2D eigenvalue weighted by molar-refractivity contribution is -0.154. The van der Waals surface area contributed by atoms with Crippen LogP contribution in [0.1, 0.15) is 26.2 Å². The molecule has 0 aromatic rings. The van der Waals surface area contributed by atoms with Crippen LogP contribution in [0.15, 0.2) is 12.2 Å². The molecule has 3 saturated heterocycles. The average molecular weight is 321 g/mol. The Kier molecular flexibility index (Phi) is 3.69. The maximum absolute atomic E-state index is 12.9. The van der Waals surface area contributed by atoms with Gasteiger partial charge < -0.3 is 19.1 Å². The van der Waals surface area contributed by atoms with Crippen molar-refractivity contribution < 1.29 is 23.8 Å².